The summed E-state index contributed by atoms with van der Waals surface area (Å²) in [6.07, 6.45) is 6.69. The van der Waals surface area contributed by atoms with Crippen LogP contribution in [0.25, 0.3) is 11.3 Å². The maximum Gasteiger partial charge on any atom is 0.134 e. The Morgan fingerprint density at radius 2 is 1.71 bits per heavy atom. The molecule has 1 aliphatic carbocycles. The highest BCUT2D eigenvalue weighted by Crippen LogP contribution is 2.24. The molecule has 1 aliphatic rings. The molecule has 0 spiro atoms. The van der Waals surface area contributed by atoms with Crippen molar-refractivity contribution in [2.75, 3.05) is 0 Å². The van der Waals surface area contributed by atoms with Crippen molar-refractivity contribution in [1.82, 2.24) is 5.32 Å². The highest BCUT2D eigenvalue weighted by Gasteiger charge is 2.13. The van der Waals surface area contributed by atoms with Gasteiger partial charge in [-0.1, -0.05) is 30.9 Å². The van der Waals surface area contributed by atoms with Crippen LogP contribution in [0.2, 0.25) is 5.02 Å². The van der Waals surface area contributed by atoms with Gasteiger partial charge in [-0.2, -0.15) is 0 Å². The van der Waals surface area contributed by atoms with Crippen molar-refractivity contribution in [1.29, 1.82) is 0 Å². The van der Waals surface area contributed by atoms with E-state index in [4.69, 9.17) is 16.0 Å². The Morgan fingerprint density at radius 3 is 2.43 bits per heavy atom. The average Bonchev–Trinajstić information content (AvgIpc) is 2.96. The molecule has 1 aromatic heterocycles. The van der Waals surface area contributed by atoms with Crippen molar-refractivity contribution in [3.8, 4) is 11.3 Å². The van der Waals surface area contributed by atoms with E-state index in [9.17, 15) is 0 Å². The molecule has 0 unspecified atom stereocenters. The zero-order valence-electron chi connectivity index (χ0n) is 12.0. The lowest BCUT2D eigenvalue weighted by atomic mass is 9.95. The zero-order valence-corrected chi connectivity index (χ0v) is 13.6. The molecule has 0 aliphatic heterocycles. The molecule has 0 atom stereocenters. The number of halogens is 2. The van der Waals surface area contributed by atoms with E-state index in [0.717, 1.165) is 28.7 Å². The number of furan rings is 1. The molecule has 21 heavy (non-hydrogen) atoms. The summed E-state index contributed by atoms with van der Waals surface area (Å²) in [5, 5.41) is 4.35. The number of benzene rings is 1. The second kappa shape index (κ2) is 7.88. The number of rotatable bonds is 4. The normalized spacial score (nSPS) is 15.7. The Labute approximate surface area is 137 Å². The summed E-state index contributed by atoms with van der Waals surface area (Å²) in [5.41, 5.74) is 1.07. The van der Waals surface area contributed by atoms with Crippen LogP contribution in [0.15, 0.2) is 40.8 Å². The Kier molecular flexibility index (Phi) is 6.16. The number of hydrogen-bond acceptors (Lipinski definition) is 2. The molecule has 0 bridgehead atoms. The van der Waals surface area contributed by atoms with Crippen LogP contribution in [0, 0.1) is 0 Å². The van der Waals surface area contributed by atoms with Gasteiger partial charge >= 0.3 is 0 Å². The summed E-state index contributed by atoms with van der Waals surface area (Å²) in [6.45, 7) is 0.818. The SMILES string of the molecule is Cl.Clc1ccc(-c2ccc(CNC3CCCCC3)o2)cc1. The van der Waals surface area contributed by atoms with E-state index in [-0.39, 0.29) is 12.4 Å². The van der Waals surface area contributed by atoms with Crippen LogP contribution < -0.4 is 5.32 Å². The van der Waals surface area contributed by atoms with Gasteiger partial charge in [0.1, 0.15) is 11.5 Å². The summed E-state index contributed by atoms with van der Waals surface area (Å²) < 4.78 is 5.90. The highest BCUT2D eigenvalue weighted by atomic mass is 35.5. The summed E-state index contributed by atoms with van der Waals surface area (Å²) in [7, 11) is 0. The van der Waals surface area contributed by atoms with E-state index < -0.39 is 0 Å². The smallest absolute Gasteiger partial charge is 0.134 e. The fourth-order valence-corrected chi connectivity index (χ4v) is 2.92. The maximum atomic E-state index is 5.90. The minimum atomic E-state index is 0. The average molecular weight is 326 g/mol. The van der Waals surface area contributed by atoms with Crippen molar-refractivity contribution in [3.05, 3.63) is 47.2 Å². The predicted molar refractivity (Wildman–Crippen MR) is 90.1 cm³/mol. The van der Waals surface area contributed by atoms with Crippen LogP contribution in [0.1, 0.15) is 37.9 Å². The van der Waals surface area contributed by atoms with E-state index in [0.29, 0.717) is 6.04 Å². The second-order valence-corrected chi connectivity index (χ2v) is 5.93. The zero-order chi connectivity index (χ0) is 13.8. The van der Waals surface area contributed by atoms with Crippen molar-refractivity contribution in [2.45, 2.75) is 44.7 Å². The number of hydrogen-bond donors (Lipinski definition) is 1. The monoisotopic (exact) mass is 325 g/mol. The van der Waals surface area contributed by atoms with Gasteiger partial charge < -0.3 is 9.73 Å². The minimum Gasteiger partial charge on any atom is -0.460 e. The van der Waals surface area contributed by atoms with Gasteiger partial charge in [0.05, 0.1) is 6.54 Å². The molecule has 1 saturated carbocycles. The maximum absolute atomic E-state index is 5.90. The fourth-order valence-electron chi connectivity index (χ4n) is 2.79. The summed E-state index contributed by atoms with van der Waals surface area (Å²) in [4.78, 5) is 0. The lowest BCUT2D eigenvalue weighted by Crippen LogP contribution is -2.30. The molecule has 3 rings (SSSR count). The molecule has 4 heteroatoms. The lowest BCUT2D eigenvalue weighted by Gasteiger charge is -2.22. The molecule has 0 radical (unpaired) electrons. The lowest BCUT2D eigenvalue weighted by molar-refractivity contribution is 0.358. The van der Waals surface area contributed by atoms with Gasteiger partial charge in [0, 0.05) is 16.6 Å². The van der Waals surface area contributed by atoms with Crippen molar-refractivity contribution < 1.29 is 4.42 Å². The first-order valence-corrected chi connectivity index (χ1v) is 7.77. The van der Waals surface area contributed by atoms with Gasteiger partial charge in [-0.3, -0.25) is 0 Å². The molecule has 1 aromatic carbocycles. The molecule has 1 N–H and O–H groups in total. The first-order chi connectivity index (χ1) is 9.81. The molecular formula is C17H21Cl2NO. The minimum absolute atomic E-state index is 0. The molecule has 2 aromatic rings. The molecule has 2 nitrogen and oxygen atoms in total. The van der Waals surface area contributed by atoms with Crippen molar-refractivity contribution in [2.24, 2.45) is 0 Å². The Morgan fingerprint density at radius 1 is 1.00 bits per heavy atom. The first-order valence-electron chi connectivity index (χ1n) is 7.39. The van der Waals surface area contributed by atoms with Crippen LogP contribution >= 0.6 is 24.0 Å². The van der Waals surface area contributed by atoms with E-state index in [1.165, 1.54) is 32.1 Å². The standard InChI is InChI=1S/C17H20ClNO.ClH/c18-14-8-6-13(7-9-14)17-11-10-16(20-17)12-19-15-4-2-1-3-5-15;/h6-11,15,19H,1-5,12H2;1H. The first kappa shape index (κ1) is 16.4. The van der Waals surface area contributed by atoms with Crippen molar-refractivity contribution in [3.63, 3.8) is 0 Å². The van der Waals surface area contributed by atoms with E-state index >= 15 is 0 Å². The van der Waals surface area contributed by atoms with Gasteiger partial charge in [-0.15, -0.1) is 12.4 Å². The van der Waals surface area contributed by atoms with Gasteiger partial charge in [-0.25, -0.2) is 0 Å². The molecule has 0 saturated heterocycles. The molecule has 1 heterocycles. The van der Waals surface area contributed by atoms with Crippen LogP contribution in [0.4, 0.5) is 0 Å². The Hall–Kier alpha value is -0.960. The Bertz CT molecular complexity index is 544. The van der Waals surface area contributed by atoms with Gasteiger partial charge in [-0.05, 0) is 49.2 Å². The molecular weight excluding hydrogens is 305 g/mol. The fraction of sp³-hybridized carbons (Fsp3) is 0.412. The molecule has 0 amide bonds. The summed E-state index contributed by atoms with van der Waals surface area (Å²) in [6, 6.07) is 12.5. The van der Waals surface area contributed by atoms with Gasteiger partial charge in [0.15, 0.2) is 0 Å². The Balaban J connectivity index is 0.00000161. The van der Waals surface area contributed by atoms with Crippen molar-refractivity contribution >= 4 is 24.0 Å². The van der Waals surface area contributed by atoms with E-state index in [2.05, 4.69) is 11.4 Å². The molecule has 114 valence electrons. The third-order valence-electron chi connectivity index (χ3n) is 3.96. The predicted octanol–water partition coefficient (Wildman–Crippen LogP) is 5.44. The number of nitrogens with one attached hydrogen (secondary N) is 1. The van der Waals surface area contributed by atoms with Gasteiger partial charge in [0.2, 0.25) is 0 Å². The van der Waals surface area contributed by atoms with Crippen LogP contribution in [0.5, 0.6) is 0 Å². The van der Waals surface area contributed by atoms with Crippen LogP contribution in [-0.2, 0) is 6.54 Å². The quantitative estimate of drug-likeness (QED) is 0.809. The van der Waals surface area contributed by atoms with Crippen LogP contribution in [0.3, 0.4) is 0 Å². The summed E-state index contributed by atoms with van der Waals surface area (Å²) >= 11 is 5.90. The molecule has 1 fully saturated rings. The highest BCUT2D eigenvalue weighted by molar-refractivity contribution is 6.30. The largest absolute Gasteiger partial charge is 0.460 e. The summed E-state index contributed by atoms with van der Waals surface area (Å²) in [5.74, 6) is 1.91. The van der Waals surface area contributed by atoms with E-state index in [1.54, 1.807) is 0 Å². The van der Waals surface area contributed by atoms with E-state index in [1.807, 2.05) is 30.3 Å². The second-order valence-electron chi connectivity index (χ2n) is 5.49. The third-order valence-corrected chi connectivity index (χ3v) is 4.21. The van der Waals surface area contributed by atoms with Gasteiger partial charge in [0.25, 0.3) is 0 Å². The topological polar surface area (TPSA) is 25.2 Å². The third kappa shape index (κ3) is 4.50. The van der Waals surface area contributed by atoms with Crippen LogP contribution in [-0.4, -0.2) is 6.04 Å².